The fourth-order valence-corrected chi connectivity index (χ4v) is 3.05. The summed E-state index contributed by atoms with van der Waals surface area (Å²) >= 11 is 0. The summed E-state index contributed by atoms with van der Waals surface area (Å²) in [5.74, 6) is 0.734. The van der Waals surface area contributed by atoms with Crippen LogP contribution in [-0.4, -0.2) is 21.6 Å². The molecular formula is C19H18FN3O. The molecule has 0 saturated carbocycles. The lowest BCUT2D eigenvalue weighted by atomic mass is 10.00. The third-order valence-corrected chi connectivity index (χ3v) is 4.47. The molecule has 0 N–H and O–H groups in total. The van der Waals surface area contributed by atoms with Gasteiger partial charge in [-0.25, -0.2) is 4.39 Å². The fraction of sp³-hybridized carbons (Fsp3) is 0.263. The van der Waals surface area contributed by atoms with Crippen LogP contribution in [0.3, 0.4) is 0 Å². The van der Waals surface area contributed by atoms with Crippen molar-refractivity contribution in [3.63, 3.8) is 0 Å². The quantitative estimate of drug-likeness (QED) is 0.736. The Hall–Kier alpha value is -2.53. The number of hydrogen-bond donors (Lipinski definition) is 0. The Labute approximate surface area is 139 Å². The van der Waals surface area contributed by atoms with Crippen molar-refractivity contribution in [1.29, 1.82) is 0 Å². The minimum absolute atomic E-state index is 0.258. The van der Waals surface area contributed by atoms with Crippen LogP contribution >= 0.6 is 0 Å². The van der Waals surface area contributed by atoms with Crippen LogP contribution in [0.1, 0.15) is 22.6 Å². The highest BCUT2D eigenvalue weighted by Gasteiger charge is 2.19. The van der Waals surface area contributed by atoms with Gasteiger partial charge in [-0.2, -0.15) is 4.98 Å². The predicted octanol–water partition coefficient (Wildman–Crippen LogP) is 3.74. The van der Waals surface area contributed by atoms with Crippen LogP contribution in [0.2, 0.25) is 0 Å². The van der Waals surface area contributed by atoms with Crippen molar-refractivity contribution >= 4 is 0 Å². The maximum absolute atomic E-state index is 13.7. The van der Waals surface area contributed by atoms with E-state index in [1.165, 1.54) is 17.2 Å². The lowest BCUT2D eigenvalue weighted by Gasteiger charge is -2.27. The monoisotopic (exact) mass is 323 g/mol. The van der Waals surface area contributed by atoms with Crippen molar-refractivity contribution in [3.05, 3.63) is 70.9 Å². The van der Waals surface area contributed by atoms with Crippen molar-refractivity contribution in [2.24, 2.45) is 0 Å². The first-order valence-corrected chi connectivity index (χ1v) is 8.07. The SMILES string of the molecule is Cc1ccc(-c2noc(CN3CCc4ccccc4C3)n2)cc1F. The van der Waals surface area contributed by atoms with E-state index in [2.05, 4.69) is 39.3 Å². The number of fused-ring (bicyclic) bond motifs is 1. The van der Waals surface area contributed by atoms with E-state index in [0.717, 1.165) is 19.5 Å². The minimum Gasteiger partial charge on any atom is -0.338 e. The van der Waals surface area contributed by atoms with Crippen molar-refractivity contribution in [2.75, 3.05) is 6.54 Å². The molecule has 5 heteroatoms. The number of nitrogens with zero attached hydrogens (tertiary/aromatic N) is 3. The molecule has 0 bridgehead atoms. The highest BCUT2D eigenvalue weighted by Crippen LogP contribution is 2.22. The topological polar surface area (TPSA) is 42.2 Å². The molecule has 0 fully saturated rings. The fourth-order valence-electron chi connectivity index (χ4n) is 3.05. The highest BCUT2D eigenvalue weighted by molar-refractivity contribution is 5.54. The lowest BCUT2D eigenvalue weighted by molar-refractivity contribution is 0.210. The first kappa shape index (κ1) is 15.0. The molecule has 0 aliphatic carbocycles. The summed E-state index contributed by atoms with van der Waals surface area (Å²) in [7, 11) is 0. The van der Waals surface area contributed by atoms with E-state index in [1.807, 2.05) is 6.07 Å². The molecule has 4 nitrogen and oxygen atoms in total. The third-order valence-electron chi connectivity index (χ3n) is 4.47. The molecule has 0 atom stereocenters. The first-order chi connectivity index (χ1) is 11.7. The molecule has 3 aromatic rings. The summed E-state index contributed by atoms with van der Waals surface area (Å²) in [4.78, 5) is 6.70. The number of halogens is 1. The molecule has 122 valence electrons. The van der Waals surface area contributed by atoms with Gasteiger partial charge in [0.05, 0.1) is 6.54 Å². The van der Waals surface area contributed by atoms with Gasteiger partial charge in [0.2, 0.25) is 11.7 Å². The minimum atomic E-state index is -0.258. The largest absolute Gasteiger partial charge is 0.338 e. The van der Waals surface area contributed by atoms with Crippen LogP contribution in [0.15, 0.2) is 47.0 Å². The van der Waals surface area contributed by atoms with Crippen LogP contribution in [0.25, 0.3) is 11.4 Å². The highest BCUT2D eigenvalue weighted by atomic mass is 19.1. The second kappa shape index (κ2) is 6.17. The molecule has 0 unspecified atom stereocenters. The summed E-state index contributed by atoms with van der Waals surface area (Å²) in [6.07, 6.45) is 1.03. The number of aromatic nitrogens is 2. The Kier molecular flexibility index (Phi) is 3.86. The lowest BCUT2D eigenvalue weighted by Crippen LogP contribution is -2.30. The smallest absolute Gasteiger partial charge is 0.241 e. The summed E-state index contributed by atoms with van der Waals surface area (Å²) in [6.45, 7) is 4.19. The zero-order valence-electron chi connectivity index (χ0n) is 13.5. The molecule has 24 heavy (non-hydrogen) atoms. The molecule has 2 heterocycles. The summed E-state index contributed by atoms with van der Waals surface area (Å²) in [5.41, 5.74) is 4.01. The van der Waals surface area contributed by atoms with Gasteiger partial charge in [0.25, 0.3) is 0 Å². The van der Waals surface area contributed by atoms with Gasteiger partial charge in [-0.1, -0.05) is 41.6 Å². The van der Waals surface area contributed by atoms with E-state index in [1.54, 1.807) is 13.0 Å². The summed E-state index contributed by atoms with van der Waals surface area (Å²) in [5, 5.41) is 3.99. The normalized spacial score (nSPS) is 14.6. The van der Waals surface area contributed by atoms with Gasteiger partial charge >= 0.3 is 0 Å². The molecule has 0 spiro atoms. The van der Waals surface area contributed by atoms with E-state index in [-0.39, 0.29) is 5.82 Å². The summed E-state index contributed by atoms with van der Waals surface area (Å²) in [6, 6.07) is 13.5. The van der Waals surface area contributed by atoms with Crippen LogP contribution in [-0.2, 0) is 19.5 Å². The van der Waals surface area contributed by atoms with E-state index < -0.39 is 0 Å². The van der Waals surface area contributed by atoms with E-state index in [4.69, 9.17) is 4.52 Å². The van der Waals surface area contributed by atoms with Gasteiger partial charge in [0.15, 0.2) is 0 Å². The molecule has 4 rings (SSSR count). The van der Waals surface area contributed by atoms with E-state index in [9.17, 15) is 4.39 Å². The molecule has 1 aliphatic heterocycles. The van der Waals surface area contributed by atoms with Crippen molar-refractivity contribution in [1.82, 2.24) is 15.0 Å². The average molecular weight is 323 g/mol. The zero-order valence-corrected chi connectivity index (χ0v) is 13.5. The van der Waals surface area contributed by atoms with Gasteiger partial charge in [-0.05, 0) is 36.1 Å². The van der Waals surface area contributed by atoms with Crippen LogP contribution in [0, 0.1) is 12.7 Å². The Bertz CT molecular complexity index is 875. The molecule has 0 amide bonds. The zero-order chi connectivity index (χ0) is 16.5. The van der Waals surface area contributed by atoms with E-state index in [0.29, 0.717) is 29.4 Å². The summed E-state index contributed by atoms with van der Waals surface area (Å²) < 4.78 is 19.0. The van der Waals surface area contributed by atoms with Crippen molar-refractivity contribution < 1.29 is 8.91 Å². The first-order valence-electron chi connectivity index (χ1n) is 8.07. The Morgan fingerprint density at radius 3 is 2.83 bits per heavy atom. The molecule has 0 radical (unpaired) electrons. The van der Waals surface area contributed by atoms with Crippen molar-refractivity contribution in [3.8, 4) is 11.4 Å². The molecule has 1 aliphatic rings. The average Bonchev–Trinajstić information content (AvgIpc) is 3.06. The molecule has 2 aromatic carbocycles. The van der Waals surface area contributed by atoms with Crippen LogP contribution < -0.4 is 0 Å². The maximum Gasteiger partial charge on any atom is 0.241 e. The number of rotatable bonds is 3. The number of benzene rings is 2. The van der Waals surface area contributed by atoms with Crippen LogP contribution in [0.5, 0.6) is 0 Å². The number of aryl methyl sites for hydroxylation is 1. The predicted molar refractivity (Wildman–Crippen MR) is 88.7 cm³/mol. The van der Waals surface area contributed by atoms with Crippen molar-refractivity contribution in [2.45, 2.75) is 26.4 Å². The van der Waals surface area contributed by atoms with Gasteiger partial charge in [-0.15, -0.1) is 0 Å². The molecule has 1 aromatic heterocycles. The van der Waals surface area contributed by atoms with Crippen LogP contribution in [0.4, 0.5) is 4.39 Å². The molecule has 0 saturated heterocycles. The van der Waals surface area contributed by atoms with Gasteiger partial charge in [-0.3, -0.25) is 4.90 Å². The maximum atomic E-state index is 13.7. The third kappa shape index (κ3) is 2.95. The Morgan fingerprint density at radius 1 is 1.17 bits per heavy atom. The Morgan fingerprint density at radius 2 is 2.00 bits per heavy atom. The second-order valence-electron chi connectivity index (χ2n) is 6.21. The van der Waals surface area contributed by atoms with Gasteiger partial charge in [0, 0.05) is 18.7 Å². The standard InChI is InChI=1S/C19H18FN3O/c1-13-6-7-15(10-17(13)20)19-21-18(24-22-19)12-23-9-8-14-4-2-3-5-16(14)11-23/h2-7,10H,8-9,11-12H2,1H3. The number of hydrogen-bond acceptors (Lipinski definition) is 4. The van der Waals surface area contributed by atoms with E-state index >= 15 is 0 Å². The molecular weight excluding hydrogens is 305 g/mol. The van der Waals surface area contributed by atoms with Gasteiger partial charge in [0.1, 0.15) is 5.82 Å². The van der Waals surface area contributed by atoms with Gasteiger partial charge < -0.3 is 4.52 Å². The Balaban J connectivity index is 1.49. The second-order valence-corrected chi connectivity index (χ2v) is 6.21.